The predicted octanol–water partition coefficient (Wildman–Crippen LogP) is 6.64. The molecule has 0 saturated heterocycles. The van der Waals surface area contributed by atoms with Crippen LogP contribution in [0.1, 0.15) is 22.8 Å². The molecule has 5 aromatic carbocycles. The zero-order valence-corrected chi connectivity index (χ0v) is 21.3. The van der Waals surface area contributed by atoms with E-state index in [1.54, 1.807) is 37.3 Å². The predicted molar refractivity (Wildman–Crippen MR) is 153 cm³/mol. The van der Waals surface area contributed by atoms with Crippen LogP contribution >= 0.6 is 0 Å². The Kier molecular flexibility index (Phi) is 7.74. The summed E-state index contributed by atoms with van der Waals surface area (Å²) >= 11 is 0. The number of hydrogen-bond acceptors (Lipinski definition) is 5. The maximum Gasteiger partial charge on any atom is 0.343 e. The molecule has 0 saturated carbocycles. The third-order valence-corrected chi connectivity index (χ3v) is 6.15. The van der Waals surface area contributed by atoms with E-state index in [9.17, 15) is 9.59 Å². The summed E-state index contributed by atoms with van der Waals surface area (Å²) in [5.74, 6) is 0.0140. The smallest absolute Gasteiger partial charge is 0.343 e. The first-order chi connectivity index (χ1) is 19.1. The minimum atomic E-state index is -0.785. The Balaban J connectivity index is 1.28. The molecule has 0 aliphatic rings. The number of carbonyl (C=O) groups excluding carboxylic acids is 2. The molecule has 1 amide bonds. The van der Waals surface area contributed by atoms with Gasteiger partial charge in [-0.15, -0.1) is 0 Å². The molecule has 192 valence electrons. The summed E-state index contributed by atoms with van der Waals surface area (Å²) in [4.78, 5) is 25.4. The average Bonchev–Trinajstić information content (AvgIpc) is 2.99. The fraction of sp³-hybridized carbons (Fsp3) is 0.0606. The highest BCUT2D eigenvalue weighted by atomic mass is 16.5. The summed E-state index contributed by atoms with van der Waals surface area (Å²) in [5.41, 5.74) is 5.70. The molecule has 5 rings (SSSR count). The van der Waals surface area contributed by atoms with Crippen LogP contribution in [0, 0.1) is 0 Å². The van der Waals surface area contributed by atoms with E-state index in [0.29, 0.717) is 22.6 Å². The van der Waals surface area contributed by atoms with Gasteiger partial charge in [0.25, 0.3) is 5.91 Å². The van der Waals surface area contributed by atoms with Crippen molar-refractivity contribution in [2.24, 2.45) is 5.10 Å². The van der Waals surface area contributed by atoms with Crippen LogP contribution < -0.4 is 14.9 Å². The number of hydrazone groups is 1. The summed E-state index contributed by atoms with van der Waals surface area (Å²) in [6, 6.07) is 37.6. The highest BCUT2D eigenvalue weighted by molar-refractivity contribution is 6.04. The number of nitrogens with zero attached hydrogens (tertiary/aromatic N) is 1. The minimum absolute atomic E-state index is 0.336. The molecular weight excluding hydrogens is 488 g/mol. The average molecular weight is 515 g/mol. The quantitative estimate of drug-likeness (QED) is 0.109. The summed E-state index contributed by atoms with van der Waals surface area (Å²) in [7, 11) is 0. The van der Waals surface area contributed by atoms with Crippen LogP contribution in [0.2, 0.25) is 0 Å². The maximum atomic E-state index is 12.7. The molecule has 1 atom stereocenters. The highest BCUT2D eigenvalue weighted by Gasteiger charge is 2.16. The van der Waals surface area contributed by atoms with Crippen molar-refractivity contribution in [2.75, 3.05) is 0 Å². The number of nitrogens with one attached hydrogen (secondary N) is 1. The minimum Gasteiger partial charge on any atom is -0.481 e. The fourth-order valence-electron chi connectivity index (χ4n) is 4.10. The molecule has 6 nitrogen and oxygen atoms in total. The molecule has 6 heteroatoms. The number of esters is 1. The molecule has 0 radical (unpaired) electrons. The van der Waals surface area contributed by atoms with E-state index in [2.05, 4.69) is 10.5 Å². The molecule has 0 aliphatic heterocycles. The Labute approximate surface area is 226 Å². The molecule has 39 heavy (non-hydrogen) atoms. The van der Waals surface area contributed by atoms with Crippen molar-refractivity contribution in [3.8, 4) is 22.6 Å². The highest BCUT2D eigenvalue weighted by Crippen LogP contribution is 2.27. The Morgan fingerprint density at radius 1 is 0.744 bits per heavy atom. The third-order valence-electron chi connectivity index (χ3n) is 6.15. The molecule has 0 aliphatic carbocycles. The first-order valence-electron chi connectivity index (χ1n) is 12.5. The van der Waals surface area contributed by atoms with Crippen molar-refractivity contribution in [1.29, 1.82) is 0 Å². The van der Waals surface area contributed by atoms with Crippen LogP contribution in [0.25, 0.3) is 21.9 Å². The van der Waals surface area contributed by atoms with Gasteiger partial charge in [-0.25, -0.2) is 10.2 Å². The molecule has 0 bridgehead atoms. The van der Waals surface area contributed by atoms with E-state index in [4.69, 9.17) is 9.47 Å². The molecule has 0 unspecified atom stereocenters. The van der Waals surface area contributed by atoms with Crippen LogP contribution in [0.3, 0.4) is 0 Å². The molecule has 0 aromatic heterocycles. The number of hydrogen-bond donors (Lipinski definition) is 1. The summed E-state index contributed by atoms with van der Waals surface area (Å²) in [6.07, 6.45) is 0.697. The monoisotopic (exact) mass is 514 g/mol. The van der Waals surface area contributed by atoms with Crippen molar-refractivity contribution in [2.45, 2.75) is 13.0 Å². The molecule has 0 heterocycles. The largest absolute Gasteiger partial charge is 0.481 e. The topological polar surface area (TPSA) is 77.0 Å². The first-order valence-corrected chi connectivity index (χ1v) is 12.5. The van der Waals surface area contributed by atoms with E-state index in [0.717, 1.165) is 21.9 Å². The summed E-state index contributed by atoms with van der Waals surface area (Å²) < 4.78 is 11.5. The second-order valence-electron chi connectivity index (χ2n) is 8.84. The number of carbonyl (C=O) groups is 2. The fourth-order valence-corrected chi connectivity index (χ4v) is 4.10. The first kappa shape index (κ1) is 25.4. The standard InChI is InChI=1S/C33H26N2O4/c1-23(38-28-19-16-25(17-20-28)24-10-4-2-5-11-24)32(36)35-34-22-30-29-15-9-8-12-26(29)18-21-31(30)39-33(37)27-13-6-3-7-14-27/h2-23H,1H3,(H,35,36)/b34-22-/t23-/m1/s1. The van der Waals surface area contributed by atoms with Gasteiger partial charge in [-0.3, -0.25) is 4.79 Å². The SMILES string of the molecule is C[C@@H](Oc1ccc(-c2ccccc2)cc1)C(=O)N/N=C\c1c(OC(=O)c2ccccc2)ccc2ccccc12. The van der Waals surface area contributed by atoms with Gasteiger partial charge in [0.15, 0.2) is 6.10 Å². The van der Waals surface area contributed by atoms with Gasteiger partial charge in [-0.05, 0) is 59.2 Å². The van der Waals surface area contributed by atoms with Crippen LogP contribution in [0.4, 0.5) is 0 Å². The molecular formula is C33H26N2O4. The van der Waals surface area contributed by atoms with Crippen molar-refractivity contribution in [3.63, 3.8) is 0 Å². The Morgan fingerprint density at radius 2 is 1.38 bits per heavy atom. The van der Waals surface area contributed by atoms with E-state index in [1.165, 1.54) is 6.21 Å². The summed E-state index contributed by atoms with van der Waals surface area (Å²) in [5, 5.41) is 5.93. The Bertz CT molecular complexity index is 1620. The zero-order valence-electron chi connectivity index (χ0n) is 21.3. The van der Waals surface area contributed by atoms with Gasteiger partial charge in [0.1, 0.15) is 11.5 Å². The van der Waals surface area contributed by atoms with Gasteiger partial charge >= 0.3 is 5.97 Å². The Morgan fingerprint density at radius 3 is 2.13 bits per heavy atom. The van der Waals surface area contributed by atoms with Gasteiger partial charge in [0.05, 0.1) is 11.8 Å². The van der Waals surface area contributed by atoms with Gasteiger partial charge in [-0.1, -0.05) is 91.0 Å². The number of ether oxygens (including phenoxy) is 2. The lowest BCUT2D eigenvalue weighted by Gasteiger charge is -2.14. The van der Waals surface area contributed by atoms with E-state index in [-0.39, 0.29) is 0 Å². The van der Waals surface area contributed by atoms with E-state index >= 15 is 0 Å². The molecule has 1 N–H and O–H groups in total. The van der Waals surface area contributed by atoms with E-state index in [1.807, 2.05) is 91.0 Å². The lowest BCUT2D eigenvalue weighted by molar-refractivity contribution is -0.127. The van der Waals surface area contributed by atoms with Crippen molar-refractivity contribution < 1.29 is 19.1 Å². The normalized spacial score (nSPS) is 11.7. The number of amides is 1. The second kappa shape index (κ2) is 11.9. The molecule has 0 spiro atoms. The van der Waals surface area contributed by atoms with Gasteiger partial charge in [-0.2, -0.15) is 5.10 Å². The van der Waals surface area contributed by atoms with Gasteiger partial charge in [0.2, 0.25) is 0 Å². The van der Waals surface area contributed by atoms with Crippen LogP contribution in [0.15, 0.2) is 126 Å². The van der Waals surface area contributed by atoms with Crippen LogP contribution in [-0.4, -0.2) is 24.2 Å². The number of rotatable bonds is 8. The second-order valence-corrected chi connectivity index (χ2v) is 8.84. The lowest BCUT2D eigenvalue weighted by Crippen LogP contribution is -2.33. The lowest BCUT2D eigenvalue weighted by atomic mass is 10.0. The van der Waals surface area contributed by atoms with Crippen LogP contribution in [0.5, 0.6) is 11.5 Å². The van der Waals surface area contributed by atoms with Crippen molar-refractivity contribution in [3.05, 3.63) is 132 Å². The van der Waals surface area contributed by atoms with Gasteiger partial charge in [0, 0.05) is 5.56 Å². The summed E-state index contributed by atoms with van der Waals surface area (Å²) in [6.45, 7) is 1.65. The van der Waals surface area contributed by atoms with Crippen LogP contribution in [-0.2, 0) is 4.79 Å². The van der Waals surface area contributed by atoms with Crippen molar-refractivity contribution in [1.82, 2.24) is 5.43 Å². The third kappa shape index (κ3) is 6.19. The Hall–Kier alpha value is -5.23. The van der Waals surface area contributed by atoms with Gasteiger partial charge < -0.3 is 9.47 Å². The molecule has 5 aromatic rings. The zero-order chi connectivity index (χ0) is 27.0. The van der Waals surface area contributed by atoms with Crippen molar-refractivity contribution >= 4 is 28.9 Å². The molecule has 0 fully saturated rings. The maximum absolute atomic E-state index is 12.7. The van der Waals surface area contributed by atoms with E-state index < -0.39 is 18.0 Å². The number of fused-ring (bicyclic) bond motifs is 1. The number of benzene rings is 5.